The predicted octanol–water partition coefficient (Wildman–Crippen LogP) is 0.398. The van der Waals surface area contributed by atoms with E-state index in [-0.39, 0.29) is 30.1 Å². The molecule has 0 saturated carbocycles. The first-order valence-electron chi connectivity index (χ1n) is 4.77. The van der Waals surface area contributed by atoms with E-state index in [1.54, 1.807) is 0 Å². The fourth-order valence-corrected chi connectivity index (χ4v) is 1.14. The number of aromatic hydroxyl groups is 1. The highest BCUT2D eigenvalue weighted by Crippen LogP contribution is 2.17. The van der Waals surface area contributed by atoms with Crippen molar-refractivity contribution in [2.24, 2.45) is 10.9 Å². The average Bonchev–Trinajstić information content (AvgIpc) is 2.31. The molecule has 5 N–H and O–H groups in total. The first-order valence-corrected chi connectivity index (χ1v) is 4.77. The molecule has 6 nitrogen and oxygen atoms in total. The molecule has 0 aromatic heterocycles. The first kappa shape index (κ1) is 12.8. The van der Waals surface area contributed by atoms with Crippen molar-refractivity contribution in [3.05, 3.63) is 29.6 Å². The van der Waals surface area contributed by atoms with Gasteiger partial charge in [-0.05, 0) is 18.2 Å². The third-order valence-corrected chi connectivity index (χ3v) is 2.00. The summed E-state index contributed by atoms with van der Waals surface area (Å²) in [5.41, 5.74) is 5.03. The maximum absolute atomic E-state index is 12.8. The van der Waals surface area contributed by atoms with Crippen molar-refractivity contribution < 1.29 is 19.5 Å². The lowest BCUT2D eigenvalue weighted by Crippen LogP contribution is -2.28. The molecule has 92 valence electrons. The van der Waals surface area contributed by atoms with E-state index in [0.717, 1.165) is 18.2 Å². The van der Waals surface area contributed by atoms with Crippen LogP contribution < -0.4 is 11.1 Å². The van der Waals surface area contributed by atoms with Crippen LogP contribution in [0, 0.1) is 5.82 Å². The van der Waals surface area contributed by atoms with Gasteiger partial charge in [-0.3, -0.25) is 4.79 Å². The summed E-state index contributed by atoms with van der Waals surface area (Å²) >= 11 is 0. The van der Waals surface area contributed by atoms with Gasteiger partial charge in [0.25, 0.3) is 5.91 Å². The number of amides is 1. The standard InChI is InChI=1S/C10H12FN3O3/c11-6-1-2-8(15)7(5-6)10(16)13-4-3-9(12)14-17/h1-2,5,15,17H,3-4H2,(H2,12,14)(H,13,16). The summed E-state index contributed by atoms with van der Waals surface area (Å²) in [6.45, 7) is 0.116. The van der Waals surface area contributed by atoms with E-state index in [2.05, 4.69) is 10.5 Å². The highest BCUT2D eigenvalue weighted by Gasteiger charge is 2.11. The van der Waals surface area contributed by atoms with Crippen molar-refractivity contribution in [1.82, 2.24) is 5.32 Å². The number of phenols is 1. The minimum absolute atomic E-state index is 0.0336. The second-order valence-electron chi connectivity index (χ2n) is 3.26. The summed E-state index contributed by atoms with van der Waals surface area (Å²) in [6.07, 6.45) is 0.151. The van der Waals surface area contributed by atoms with Crippen molar-refractivity contribution in [3.8, 4) is 5.75 Å². The Hall–Kier alpha value is -2.31. The lowest BCUT2D eigenvalue weighted by Gasteiger charge is -2.06. The van der Waals surface area contributed by atoms with Crippen LogP contribution >= 0.6 is 0 Å². The van der Waals surface area contributed by atoms with Crippen LogP contribution in [0.3, 0.4) is 0 Å². The van der Waals surface area contributed by atoms with Gasteiger partial charge in [0.05, 0.1) is 5.56 Å². The molecule has 0 radical (unpaired) electrons. The van der Waals surface area contributed by atoms with Crippen LogP contribution in [0.5, 0.6) is 5.75 Å². The lowest BCUT2D eigenvalue weighted by molar-refractivity contribution is 0.0951. The molecule has 0 fully saturated rings. The summed E-state index contributed by atoms with van der Waals surface area (Å²) in [7, 11) is 0. The van der Waals surface area contributed by atoms with Crippen molar-refractivity contribution >= 4 is 11.7 Å². The van der Waals surface area contributed by atoms with Crippen LogP contribution in [-0.2, 0) is 0 Å². The molecular weight excluding hydrogens is 229 g/mol. The zero-order chi connectivity index (χ0) is 12.8. The number of halogens is 1. The van der Waals surface area contributed by atoms with Gasteiger partial charge in [0.15, 0.2) is 0 Å². The fourth-order valence-electron chi connectivity index (χ4n) is 1.14. The quantitative estimate of drug-likeness (QED) is 0.265. The van der Waals surface area contributed by atoms with Crippen LogP contribution in [0.2, 0.25) is 0 Å². The molecule has 0 spiro atoms. The average molecular weight is 241 g/mol. The van der Waals surface area contributed by atoms with E-state index in [4.69, 9.17) is 10.9 Å². The van der Waals surface area contributed by atoms with E-state index in [1.165, 1.54) is 0 Å². The maximum atomic E-state index is 12.8. The third kappa shape index (κ3) is 3.63. The van der Waals surface area contributed by atoms with Crippen molar-refractivity contribution in [2.45, 2.75) is 6.42 Å². The van der Waals surface area contributed by atoms with E-state index in [9.17, 15) is 14.3 Å². The highest BCUT2D eigenvalue weighted by atomic mass is 19.1. The van der Waals surface area contributed by atoms with Gasteiger partial charge >= 0.3 is 0 Å². The second-order valence-corrected chi connectivity index (χ2v) is 3.26. The molecule has 0 heterocycles. The first-order chi connectivity index (χ1) is 8.04. The fraction of sp³-hybridized carbons (Fsp3) is 0.200. The molecule has 1 amide bonds. The Kier molecular flexibility index (Phi) is 4.27. The van der Waals surface area contributed by atoms with Gasteiger partial charge in [-0.2, -0.15) is 0 Å². The number of carbonyl (C=O) groups is 1. The number of nitrogens with zero attached hydrogens (tertiary/aromatic N) is 1. The van der Waals surface area contributed by atoms with Crippen LogP contribution in [0.4, 0.5) is 4.39 Å². The Morgan fingerprint density at radius 1 is 1.53 bits per heavy atom. The Balaban J connectivity index is 2.61. The van der Waals surface area contributed by atoms with Gasteiger partial charge in [0, 0.05) is 13.0 Å². The molecule has 0 aliphatic carbocycles. The molecule has 17 heavy (non-hydrogen) atoms. The van der Waals surface area contributed by atoms with Gasteiger partial charge in [-0.1, -0.05) is 5.16 Å². The topological polar surface area (TPSA) is 108 Å². The maximum Gasteiger partial charge on any atom is 0.255 e. The number of carbonyl (C=O) groups excluding carboxylic acids is 1. The van der Waals surface area contributed by atoms with Gasteiger partial charge in [0.1, 0.15) is 17.4 Å². The molecule has 0 aliphatic rings. The number of nitrogens with one attached hydrogen (secondary N) is 1. The lowest BCUT2D eigenvalue weighted by atomic mass is 10.2. The Morgan fingerprint density at radius 3 is 2.88 bits per heavy atom. The largest absolute Gasteiger partial charge is 0.507 e. The number of oxime groups is 1. The minimum atomic E-state index is -0.632. The van der Waals surface area contributed by atoms with Crippen LogP contribution in [0.25, 0.3) is 0 Å². The Labute approximate surface area is 96.5 Å². The molecule has 1 aromatic rings. The number of amidine groups is 1. The number of hydrogen-bond donors (Lipinski definition) is 4. The van der Waals surface area contributed by atoms with Crippen molar-refractivity contribution in [1.29, 1.82) is 0 Å². The highest BCUT2D eigenvalue weighted by molar-refractivity contribution is 5.97. The Morgan fingerprint density at radius 2 is 2.24 bits per heavy atom. The third-order valence-electron chi connectivity index (χ3n) is 2.00. The summed E-state index contributed by atoms with van der Waals surface area (Å²) in [5, 5.41) is 22.7. The van der Waals surface area contributed by atoms with E-state index in [0.29, 0.717) is 0 Å². The Bertz CT molecular complexity index is 448. The minimum Gasteiger partial charge on any atom is -0.507 e. The van der Waals surface area contributed by atoms with Gasteiger partial charge < -0.3 is 21.4 Å². The van der Waals surface area contributed by atoms with Gasteiger partial charge in [-0.25, -0.2) is 4.39 Å². The van der Waals surface area contributed by atoms with E-state index >= 15 is 0 Å². The summed E-state index contributed by atoms with van der Waals surface area (Å²) in [4.78, 5) is 11.5. The zero-order valence-corrected chi connectivity index (χ0v) is 8.85. The smallest absolute Gasteiger partial charge is 0.255 e. The number of hydrogen-bond acceptors (Lipinski definition) is 4. The van der Waals surface area contributed by atoms with Crippen LogP contribution in [0.15, 0.2) is 23.4 Å². The van der Waals surface area contributed by atoms with E-state index < -0.39 is 11.7 Å². The second kappa shape index (κ2) is 5.69. The molecule has 0 bridgehead atoms. The summed E-state index contributed by atoms with van der Waals surface area (Å²) in [5.74, 6) is -1.60. The molecule has 1 rings (SSSR count). The number of rotatable bonds is 4. The molecule has 1 aromatic carbocycles. The monoisotopic (exact) mass is 241 g/mol. The molecule has 0 saturated heterocycles. The zero-order valence-electron chi connectivity index (χ0n) is 8.85. The molecule has 7 heteroatoms. The number of nitrogens with two attached hydrogens (primary N) is 1. The molecule has 0 unspecified atom stereocenters. The summed E-state index contributed by atoms with van der Waals surface area (Å²) < 4.78 is 12.8. The van der Waals surface area contributed by atoms with Crippen LogP contribution in [0.1, 0.15) is 16.8 Å². The van der Waals surface area contributed by atoms with Crippen LogP contribution in [-0.4, -0.2) is 28.6 Å². The van der Waals surface area contributed by atoms with Gasteiger partial charge in [0.2, 0.25) is 0 Å². The van der Waals surface area contributed by atoms with Crippen molar-refractivity contribution in [3.63, 3.8) is 0 Å². The van der Waals surface area contributed by atoms with Gasteiger partial charge in [-0.15, -0.1) is 0 Å². The molecular formula is C10H12FN3O3. The predicted molar refractivity (Wildman–Crippen MR) is 58.4 cm³/mol. The van der Waals surface area contributed by atoms with Crippen molar-refractivity contribution in [2.75, 3.05) is 6.54 Å². The molecule has 0 aliphatic heterocycles. The SMILES string of the molecule is N/C(CCNC(=O)c1cc(F)ccc1O)=N/O. The van der Waals surface area contributed by atoms with E-state index in [1.807, 2.05) is 0 Å². The normalized spacial score (nSPS) is 11.2. The number of benzene rings is 1. The molecule has 0 atom stereocenters. The number of phenolic OH excluding ortho intramolecular Hbond substituents is 1. The summed E-state index contributed by atoms with van der Waals surface area (Å²) in [6, 6.07) is 3.06.